The third-order valence-corrected chi connectivity index (χ3v) is 4.22. The van der Waals surface area contributed by atoms with Crippen LogP contribution < -0.4 is 5.73 Å². The summed E-state index contributed by atoms with van der Waals surface area (Å²) in [5.74, 6) is 0.850. The highest BCUT2D eigenvalue weighted by Gasteiger charge is 2.23. The highest BCUT2D eigenvalue weighted by atomic mass is 35.5. The molecular formula is C14H21ClN2OS. The van der Waals surface area contributed by atoms with Gasteiger partial charge in [0.15, 0.2) is 0 Å². The zero-order chi connectivity index (χ0) is 14.4. The van der Waals surface area contributed by atoms with E-state index >= 15 is 0 Å². The molecule has 1 aromatic carbocycles. The van der Waals surface area contributed by atoms with E-state index in [2.05, 4.69) is 0 Å². The number of carbonyl (C=O) groups is 1. The van der Waals surface area contributed by atoms with E-state index < -0.39 is 6.04 Å². The minimum atomic E-state index is -0.442. The highest BCUT2D eigenvalue weighted by molar-refractivity contribution is 7.98. The fraction of sp³-hybridized carbons (Fsp3) is 0.500. The van der Waals surface area contributed by atoms with E-state index in [0.29, 0.717) is 11.4 Å². The maximum absolute atomic E-state index is 12.2. The first-order chi connectivity index (χ1) is 8.99. The number of nitrogens with two attached hydrogens (primary N) is 1. The molecule has 0 aliphatic carbocycles. The van der Waals surface area contributed by atoms with Crippen molar-refractivity contribution in [2.75, 3.05) is 19.1 Å². The van der Waals surface area contributed by atoms with Crippen LogP contribution in [0.2, 0.25) is 5.02 Å². The molecule has 3 nitrogen and oxygen atoms in total. The van der Waals surface area contributed by atoms with Gasteiger partial charge in [0.1, 0.15) is 0 Å². The van der Waals surface area contributed by atoms with Crippen molar-refractivity contribution in [2.24, 2.45) is 5.73 Å². The molecule has 0 aromatic heterocycles. The zero-order valence-corrected chi connectivity index (χ0v) is 13.2. The van der Waals surface area contributed by atoms with Crippen molar-refractivity contribution in [2.45, 2.75) is 25.4 Å². The first kappa shape index (κ1) is 16.3. The summed E-state index contributed by atoms with van der Waals surface area (Å²) in [4.78, 5) is 13.9. The van der Waals surface area contributed by atoms with E-state index in [4.69, 9.17) is 17.3 Å². The van der Waals surface area contributed by atoms with Crippen molar-refractivity contribution >= 4 is 29.3 Å². The van der Waals surface area contributed by atoms with Crippen LogP contribution in [0, 0.1) is 0 Å². The molecule has 19 heavy (non-hydrogen) atoms. The van der Waals surface area contributed by atoms with E-state index in [1.807, 2.05) is 37.4 Å². The number of amides is 1. The second-order valence-electron chi connectivity index (χ2n) is 4.53. The summed E-state index contributed by atoms with van der Waals surface area (Å²) >= 11 is 7.85. The molecule has 1 aromatic rings. The van der Waals surface area contributed by atoms with Gasteiger partial charge in [-0.25, -0.2) is 0 Å². The number of hydrogen-bond acceptors (Lipinski definition) is 3. The van der Waals surface area contributed by atoms with Gasteiger partial charge in [0.05, 0.1) is 12.1 Å². The first-order valence-corrected chi connectivity index (χ1v) is 8.01. The van der Waals surface area contributed by atoms with Crippen LogP contribution in [-0.2, 0) is 4.79 Å². The molecule has 1 rings (SSSR count). The lowest BCUT2D eigenvalue weighted by Gasteiger charge is -2.28. The molecule has 0 fully saturated rings. The molecule has 0 heterocycles. The van der Waals surface area contributed by atoms with Crippen molar-refractivity contribution < 1.29 is 4.79 Å². The summed E-state index contributed by atoms with van der Waals surface area (Å²) in [6.07, 6.45) is 2.70. The number of thioether (sulfide) groups is 1. The largest absolute Gasteiger partial charge is 0.338 e. The minimum absolute atomic E-state index is 0.0403. The number of carbonyl (C=O) groups excluding carboxylic acids is 1. The molecular weight excluding hydrogens is 280 g/mol. The number of likely N-dealkylation sites (N-methyl/N-ethyl adjacent to an activating group) is 1. The number of halogens is 1. The third-order valence-electron chi connectivity index (χ3n) is 3.23. The van der Waals surface area contributed by atoms with Gasteiger partial charge in [0.2, 0.25) is 5.91 Å². The Morgan fingerprint density at radius 3 is 2.68 bits per heavy atom. The third kappa shape index (κ3) is 4.41. The Kier molecular flexibility index (Phi) is 6.69. The zero-order valence-electron chi connectivity index (χ0n) is 11.6. The van der Waals surface area contributed by atoms with E-state index in [1.54, 1.807) is 23.7 Å². The molecule has 106 valence electrons. The monoisotopic (exact) mass is 300 g/mol. The van der Waals surface area contributed by atoms with E-state index in [9.17, 15) is 4.79 Å². The van der Waals surface area contributed by atoms with Crippen LogP contribution in [0.3, 0.4) is 0 Å². The summed E-state index contributed by atoms with van der Waals surface area (Å²) in [6.45, 7) is 1.96. The number of rotatable bonds is 6. The van der Waals surface area contributed by atoms with Crippen molar-refractivity contribution in [3.8, 4) is 0 Å². The summed E-state index contributed by atoms with van der Waals surface area (Å²) < 4.78 is 0. The number of hydrogen-bond donors (Lipinski definition) is 1. The molecule has 0 aliphatic rings. The van der Waals surface area contributed by atoms with Gasteiger partial charge in [-0.05, 0) is 37.0 Å². The van der Waals surface area contributed by atoms with E-state index in [1.165, 1.54) is 0 Å². The van der Waals surface area contributed by atoms with Gasteiger partial charge in [0.25, 0.3) is 0 Å². The summed E-state index contributed by atoms with van der Waals surface area (Å²) in [5, 5.41) is 0.673. The number of benzene rings is 1. The predicted molar refractivity (Wildman–Crippen MR) is 83.6 cm³/mol. The standard InChI is InChI=1S/C14H21ClN2OS/c1-10(11-6-4-5-7-12(11)15)17(2)14(18)13(16)8-9-19-3/h4-7,10,13H,8-9,16H2,1-3H3/t10?,13-/m1/s1. The maximum atomic E-state index is 12.2. The van der Waals surface area contributed by atoms with Gasteiger partial charge in [-0.3, -0.25) is 4.79 Å². The van der Waals surface area contributed by atoms with Crippen LogP contribution >= 0.6 is 23.4 Å². The van der Waals surface area contributed by atoms with Gasteiger partial charge in [-0.1, -0.05) is 29.8 Å². The maximum Gasteiger partial charge on any atom is 0.239 e. The fourth-order valence-corrected chi connectivity index (χ4v) is 2.63. The molecule has 0 bridgehead atoms. The summed E-state index contributed by atoms with van der Waals surface area (Å²) in [6, 6.07) is 7.04. The lowest BCUT2D eigenvalue weighted by molar-refractivity contribution is -0.133. The molecule has 0 aliphatic heterocycles. The van der Waals surface area contributed by atoms with Crippen molar-refractivity contribution in [3.63, 3.8) is 0 Å². The second-order valence-corrected chi connectivity index (χ2v) is 5.93. The van der Waals surface area contributed by atoms with E-state index in [0.717, 1.165) is 11.3 Å². The number of nitrogens with zero attached hydrogens (tertiary/aromatic N) is 1. The molecule has 0 saturated heterocycles. The molecule has 2 N–H and O–H groups in total. The smallest absolute Gasteiger partial charge is 0.239 e. The van der Waals surface area contributed by atoms with Crippen LogP contribution in [0.15, 0.2) is 24.3 Å². The minimum Gasteiger partial charge on any atom is -0.338 e. The van der Waals surface area contributed by atoms with Crippen molar-refractivity contribution in [3.05, 3.63) is 34.9 Å². The lowest BCUT2D eigenvalue weighted by atomic mass is 10.1. The van der Waals surface area contributed by atoms with Crippen LogP contribution in [0.25, 0.3) is 0 Å². The summed E-state index contributed by atoms with van der Waals surface area (Å²) in [7, 11) is 1.77. The normalized spacial score (nSPS) is 13.9. The SMILES string of the molecule is CSCC[C@@H](N)C(=O)N(C)C(C)c1ccccc1Cl. The Bertz CT molecular complexity index is 428. The quantitative estimate of drug-likeness (QED) is 0.878. The average molecular weight is 301 g/mol. The Morgan fingerprint density at radius 1 is 1.47 bits per heavy atom. The molecule has 0 saturated carbocycles. The highest BCUT2D eigenvalue weighted by Crippen LogP contribution is 2.26. The van der Waals surface area contributed by atoms with Crippen LogP contribution in [0.5, 0.6) is 0 Å². The van der Waals surface area contributed by atoms with Crippen molar-refractivity contribution in [1.29, 1.82) is 0 Å². The van der Waals surface area contributed by atoms with Gasteiger partial charge in [-0.2, -0.15) is 11.8 Å². The topological polar surface area (TPSA) is 46.3 Å². The van der Waals surface area contributed by atoms with E-state index in [-0.39, 0.29) is 11.9 Å². The fourth-order valence-electron chi connectivity index (χ4n) is 1.84. The van der Waals surface area contributed by atoms with Gasteiger partial charge >= 0.3 is 0 Å². The van der Waals surface area contributed by atoms with Gasteiger partial charge in [0, 0.05) is 12.1 Å². The molecule has 2 atom stereocenters. The van der Waals surface area contributed by atoms with Crippen molar-refractivity contribution in [1.82, 2.24) is 4.90 Å². The molecule has 0 radical (unpaired) electrons. The summed E-state index contributed by atoms with van der Waals surface area (Å²) in [5.41, 5.74) is 6.86. The molecule has 0 spiro atoms. The predicted octanol–water partition coefficient (Wildman–Crippen LogP) is 2.94. The van der Waals surface area contributed by atoms with Crippen LogP contribution in [0.4, 0.5) is 0 Å². The van der Waals surface area contributed by atoms with Gasteiger partial charge in [-0.15, -0.1) is 0 Å². The second kappa shape index (κ2) is 7.78. The Balaban J connectivity index is 2.74. The van der Waals surface area contributed by atoms with Crippen LogP contribution in [0.1, 0.15) is 24.9 Å². The molecule has 1 amide bonds. The Labute approximate surface area is 124 Å². The van der Waals surface area contributed by atoms with Gasteiger partial charge < -0.3 is 10.6 Å². The Morgan fingerprint density at radius 2 is 2.11 bits per heavy atom. The average Bonchev–Trinajstić information content (AvgIpc) is 2.42. The molecule has 1 unspecified atom stereocenters. The lowest BCUT2D eigenvalue weighted by Crippen LogP contribution is -2.43. The Hall–Kier alpha value is -0.710. The van der Waals surface area contributed by atoms with Crippen LogP contribution in [-0.4, -0.2) is 35.9 Å². The first-order valence-electron chi connectivity index (χ1n) is 6.24. The molecule has 5 heteroatoms.